The van der Waals surface area contributed by atoms with E-state index < -0.39 is 5.91 Å². The van der Waals surface area contributed by atoms with E-state index in [0.29, 0.717) is 5.56 Å². The number of rotatable bonds is 6. The lowest BCUT2D eigenvalue weighted by Crippen LogP contribution is -2.17. The molecule has 4 aromatic rings. The van der Waals surface area contributed by atoms with Crippen LogP contribution in [-0.2, 0) is 6.54 Å². The Kier molecular flexibility index (Phi) is 5.91. The Morgan fingerprint density at radius 1 is 1.16 bits per heavy atom. The summed E-state index contributed by atoms with van der Waals surface area (Å²) in [7, 11) is 1.66. The molecule has 0 unspecified atom stereocenters. The van der Waals surface area contributed by atoms with Crippen LogP contribution < -0.4 is 10.2 Å². The number of hydrogen-bond acceptors (Lipinski definition) is 4. The Hall–Kier alpha value is -3.77. The van der Waals surface area contributed by atoms with Crippen molar-refractivity contribution in [2.45, 2.75) is 6.54 Å². The van der Waals surface area contributed by atoms with E-state index in [1.807, 2.05) is 48.7 Å². The molecule has 0 saturated heterocycles. The normalized spacial score (nSPS) is 11.2. The van der Waals surface area contributed by atoms with Crippen LogP contribution in [0, 0.1) is 0 Å². The first-order valence-electron chi connectivity index (χ1n) is 9.57. The quantitative estimate of drug-likeness (QED) is 0.338. The Labute approximate surface area is 184 Å². The number of nitrogens with one attached hydrogen (secondary N) is 1. The number of aromatic nitrogens is 1. The smallest absolute Gasteiger partial charge is 0.271 e. The summed E-state index contributed by atoms with van der Waals surface area (Å²) < 4.78 is 7.47. The summed E-state index contributed by atoms with van der Waals surface area (Å²) in [5.74, 6) is 0.348. The molecule has 1 amide bonds. The summed E-state index contributed by atoms with van der Waals surface area (Å²) in [5, 5.41) is 14.6. The zero-order valence-corrected chi connectivity index (χ0v) is 17.5. The highest BCUT2D eigenvalue weighted by Crippen LogP contribution is 2.23. The van der Waals surface area contributed by atoms with Crippen molar-refractivity contribution in [3.8, 4) is 11.5 Å². The first-order valence-corrected chi connectivity index (χ1v) is 9.95. The molecule has 6 nitrogen and oxygen atoms in total. The summed E-state index contributed by atoms with van der Waals surface area (Å²) >= 11 is 5.83. The number of phenolic OH excluding ortho intramolecular Hbond substituents is 1. The topological polar surface area (TPSA) is 75.8 Å². The van der Waals surface area contributed by atoms with Crippen LogP contribution in [-0.4, -0.2) is 28.9 Å². The number of amides is 1. The fourth-order valence-electron chi connectivity index (χ4n) is 3.28. The molecule has 1 aromatic heterocycles. The van der Waals surface area contributed by atoms with Gasteiger partial charge in [-0.15, -0.1) is 0 Å². The molecule has 31 heavy (non-hydrogen) atoms. The van der Waals surface area contributed by atoms with Crippen LogP contribution in [0.2, 0.25) is 5.02 Å². The second-order valence-corrected chi connectivity index (χ2v) is 7.39. The number of benzene rings is 3. The van der Waals surface area contributed by atoms with Crippen LogP contribution in [0.5, 0.6) is 11.5 Å². The van der Waals surface area contributed by atoms with Gasteiger partial charge in [0.05, 0.1) is 18.3 Å². The Morgan fingerprint density at radius 2 is 2.03 bits per heavy atom. The van der Waals surface area contributed by atoms with Crippen LogP contribution in [0.3, 0.4) is 0 Å². The van der Waals surface area contributed by atoms with Gasteiger partial charge in [-0.05, 0) is 59.7 Å². The van der Waals surface area contributed by atoms with E-state index >= 15 is 0 Å². The minimum atomic E-state index is -0.413. The highest BCUT2D eigenvalue weighted by Gasteiger charge is 2.07. The summed E-state index contributed by atoms with van der Waals surface area (Å²) in [6.45, 7) is 0.735. The maximum Gasteiger partial charge on any atom is 0.271 e. The molecule has 4 rings (SSSR count). The van der Waals surface area contributed by atoms with E-state index in [2.05, 4.69) is 21.2 Å². The monoisotopic (exact) mass is 433 g/mol. The zero-order chi connectivity index (χ0) is 21.8. The number of ether oxygens (including phenoxy) is 1. The van der Waals surface area contributed by atoms with Gasteiger partial charge in [0.15, 0.2) is 0 Å². The fraction of sp³-hybridized carbons (Fsp3) is 0.0833. The van der Waals surface area contributed by atoms with Crippen molar-refractivity contribution in [3.05, 3.63) is 94.6 Å². The molecule has 0 spiro atoms. The Balaban J connectivity index is 1.45. The number of hydrogen-bond donors (Lipinski definition) is 2. The Bertz CT molecular complexity index is 1280. The number of carbonyl (C=O) groups is 1. The van der Waals surface area contributed by atoms with Crippen molar-refractivity contribution in [3.63, 3.8) is 0 Å². The van der Waals surface area contributed by atoms with E-state index in [0.717, 1.165) is 34.3 Å². The molecule has 0 aliphatic rings. The molecule has 156 valence electrons. The average molecular weight is 434 g/mol. The number of nitrogens with zero attached hydrogens (tertiary/aromatic N) is 2. The highest BCUT2D eigenvalue weighted by atomic mass is 35.5. The Morgan fingerprint density at radius 3 is 2.84 bits per heavy atom. The molecule has 0 bridgehead atoms. The van der Waals surface area contributed by atoms with Crippen LogP contribution >= 0.6 is 11.6 Å². The van der Waals surface area contributed by atoms with Crippen molar-refractivity contribution < 1.29 is 14.6 Å². The van der Waals surface area contributed by atoms with Gasteiger partial charge in [0.25, 0.3) is 5.91 Å². The molecular weight excluding hydrogens is 414 g/mol. The van der Waals surface area contributed by atoms with Gasteiger partial charge < -0.3 is 14.4 Å². The molecule has 7 heteroatoms. The van der Waals surface area contributed by atoms with Crippen LogP contribution in [0.25, 0.3) is 10.9 Å². The predicted octanol–water partition coefficient (Wildman–Crippen LogP) is 4.82. The molecular formula is C24H20ClN3O3. The third-order valence-electron chi connectivity index (χ3n) is 4.87. The third-order valence-corrected chi connectivity index (χ3v) is 5.17. The van der Waals surface area contributed by atoms with Gasteiger partial charge in [-0.1, -0.05) is 29.8 Å². The van der Waals surface area contributed by atoms with E-state index in [1.165, 1.54) is 18.2 Å². The fourth-order valence-corrected chi connectivity index (χ4v) is 3.46. The minimum Gasteiger partial charge on any atom is -0.506 e. The largest absolute Gasteiger partial charge is 0.506 e. The van der Waals surface area contributed by atoms with Crippen LogP contribution in [0.15, 0.2) is 78.0 Å². The summed E-state index contributed by atoms with van der Waals surface area (Å²) in [4.78, 5) is 12.2. The summed E-state index contributed by atoms with van der Waals surface area (Å²) in [5.41, 5.74) is 5.88. The van der Waals surface area contributed by atoms with Crippen molar-refractivity contribution >= 4 is 34.6 Å². The van der Waals surface area contributed by atoms with Gasteiger partial charge >= 0.3 is 0 Å². The van der Waals surface area contributed by atoms with Crippen LogP contribution in [0.4, 0.5) is 0 Å². The maximum atomic E-state index is 12.2. The van der Waals surface area contributed by atoms with E-state index in [1.54, 1.807) is 13.3 Å². The van der Waals surface area contributed by atoms with E-state index in [-0.39, 0.29) is 10.8 Å². The minimum absolute atomic E-state index is 0.0756. The SMILES string of the molecule is COc1cccc(Cn2ccc3cc(C=NNC(=O)c4ccc(O)c(Cl)c4)ccc32)c1. The van der Waals surface area contributed by atoms with Gasteiger partial charge in [0.2, 0.25) is 0 Å². The molecule has 0 atom stereocenters. The summed E-state index contributed by atoms with van der Waals surface area (Å²) in [6.07, 6.45) is 3.63. The number of aromatic hydroxyl groups is 1. The summed E-state index contributed by atoms with van der Waals surface area (Å²) in [6, 6.07) is 20.3. The van der Waals surface area contributed by atoms with Gasteiger partial charge in [0.1, 0.15) is 11.5 Å². The standard InChI is InChI=1S/C24H20ClN3O3/c1-31-20-4-2-3-17(12-20)15-28-10-9-18-11-16(5-7-22(18)28)14-26-27-24(30)19-6-8-23(29)21(25)13-19/h2-14,29H,15H2,1H3,(H,27,30). The maximum absolute atomic E-state index is 12.2. The van der Waals surface area contributed by atoms with Gasteiger partial charge in [-0.2, -0.15) is 5.10 Å². The second-order valence-electron chi connectivity index (χ2n) is 6.98. The molecule has 0 fully saturated rings. The number of phenols is 1. The number of methoxy groups -OCH3 is 1. The van der Waals surface area contributed by atoms with Crippen molar-refractivity contribution in [1.82, 2.24) is 9.99 Å². The number of halogens is 1. The second kappa shape index (κ2) is 8.93. The van der Waals surface area contributed by atoms with Crippen LogP contribution in [0.1, 0.15) is 21.5 Å². The van der Waals surface area contributed by atoms with Gasteiger partial charge in [-0.25, -0.2) is 5.43 Å². The molecule has 0 saturated carbocycles. The molecule has 0 aliphatic heterocycles. The first kappa shape index (κ1) is 20.5. The van der Waals surface area contributed by atoms with Crippen molar-refractivity contribution in [2.75, 3.05) is 7.11 Å². The van der Waals surface area contributed by atoms with E-state index in [9.17, 15) is 9.90 Å². The van der Waals surface area contributed by atoms with E-state index in [4.69, 9.17) is 16.3 Å². The third kappa shape index (κ3) is 4.70. The first-order chi connectivity index (χ1) is 15.0. The lowest BCUT2D eigenvalue weighted by molar-refractivity contribution is 0.0955. The lowest BCUT2D eigenvalue weighted by Gasteiger charge is -2.08. The van der Waals surface area contributed by atoms with Gasteiger partial charge in [0, 0.05) is 29.2 Å². The molecule has 2 N–H and O–H groups in total. The molecule has 1 heterocycles. The predicted molar refractivity (Wildman–Crippen MR) is 122 cm³/mol. The lowest BCUT2D eigenvalue weighted by atomic mass is 10.1. The highest BCUT2D eigenvalue weighted by molar-refractivity contribution is 6.32. The number of carbonyl (C=O) groups excluding carboxylic acids is 1. The number of fused-ring (bicyclic) bond motifs is 1. The van der Waals surface area contributed by atoms with Crippen molar-refractivity contribution in [1.29, 1.82) is 0 Å². The zero-order valence-electron chi connectivity index (χ0n) is 16.7. The average Bonchev–Trinajstić information content (AvgIpc) is 3.17. The molecule has 0 aliphatic carbocycles. The number of hydrazone groups is 1. The molecule has 3 aromatic carbocycles. The van der Waals surface area contributed by atoms with Gasteiger partial charge in [-0.3, -0.25) is 4.79 Å². The molecule has 0 radical (unpaired) electrons. The van der Waals surface area contributed by atoms with Crippen molar-refractivity contribution in [2.24, 2.45) is 5.10 Å².